The summed E-state index contributed by atoms with van der Waals surface area (Å²) < 4.78 is 0.527. The maximum Gasteiger partial charge on any atom is 0.196 e. The van der Waals surface area contributed by atoms with Crippen LogP contribution >= 0.6 is 15.9 Å². The van der Waals surface area contributed by atoms with Gasteiger partial charge in [0.15, 0.2) is 4.73 Å². The molecule has 0 aliphatic carbocycles. The van der Waals surface area contributed by atoms with E-state index in [9.17, 15) is 0 Å². The Morgan fingerprint density at radius 1 is 1.58 bits per heavy atom. The summed E-state index contributed by atoms with van der Waals surface area (Å²) in [7, 11) is 0. The Bertz CT molecular complexity index is 302. The van der Waals surface area contributed by atoms with E-state index in [2.05, 4.69) is 35.9 Å². The van der Waals surface area contributed by atoms with Crippen molar-refractivity contribution in [3.05, 3.63) is 33.1 Å². The zero-order valence-corrected chi connectivity index (χ0v) is 7.93. The molecule has 1 heterocycles. The molecule has 0 saturated heterocycles. The first-order chi connectivity index (χ1) is 5.74. The average Bonchev–Trinajstić information content (AvgIpc) is 2.06. The minimum absolute atomic E-state index is 0.219. The van der Waals surface area contributed by atoms with E-state index in [1.54, 1.807) is 19.3 Å². The van der Waals surface area contributed by atoms with Crippen LogP contribution in [0.25, 0.3) is 10.4 Å². The van der Waals surface area contributed by atoms with Crippen LogP contribution < -0.4 is 0 Å². The molecule has 62 valence electrons. The van der Waals surface area contributed by atoms with Crippen LogP contribution in [0.5, 0.6) is 0 Å². The molecule has 0 saturated carbocycles. The second kappa shape index (κ2) is 4.04. The van der Waals surface area contributed by atoms with Crippen LogP contribution in [-0.4, -0.2) is 9.97 Å². The predicted molar refractivity (Wildman–Crippen MR) is 47.3 cm³/mol. The second-order valence-corrected chi connectivity index (χ2v) is 2.88. The number of rotatable bonds is 2. The van der Waals surface area contributed by atoms with Crippen LogP contribution in [0.15, 0.2) is 22.2 Å². The molecule has 0 bridgehead atoms. The summed E-state index contributed by atoms with van der Waals surface area (Å²) in [6.45, 7) is 1.78. The van der Waals surface area contributed by atoms with Gasteiger partial charge in [-0.25, -0.2) is 9.97 Å². The van der Waals surface area contributed by atoms with Crippen molar-refractivity contribution in [1.29, 1.82) is 0 Å². The highest BCUT2D eigenvalue weighted by Crippen LogP contribution is 2.15. The molecule has 0 aliphatic rings. The van der Waals surface area contributed by atoms with Gasteiger partial charge in [0, 0.05) is 17.3 Å². The van der Waals surface area contributed by atoms with Gasteiger partial charge in [0.1, 0.15) is 0 Å². The van der Waals surface area contributed by atoms with Gasteiger partial charge in [0.2, 0.25) is 0 Å². The zero-order valence-electron chi connectivity index (χ0n) is 6.35. The molecule has 1 atom stereocenters. The summed E-state index contributed by atoms with van der Waals surface area (Å²) in [6.07, 6.45) is 3.24. The number of hydrogen-bond acceptors (Lipinski definition) is 3. The fraction of sp³-hybridized carbons (Fsp3) is 0.333. The molecule has 0 N–H and O–H groups in total. The van der Waals surface area contributed by atoms with E-state index in [-0.39, 0.29) is 6.04 Å². The lowest BCUT2D eigenvalue weighted by Crippen LogP contribution is -1.91. The zero-order chi connectivity index (χ0) is 8.97. The number of nitrogens with zero attached hydrogens (tertiary/aromatic N) is 5. The van der Waals surface area contributed by atoms with Crippen LogP contribution in [0, 0.1) is 0 Å². The summed E-state index contributed by atoms with van der Waals surface area (Å²) >= 11 is 3.11. The number of aromatic nitrogens is 2. The highest BCUT2D eigenvalue weighted by molar-refractivity contribution is 9.10. The monoisotopic (exact) mass is 227 g/mol. The third-order valence-corrected chi connectivity index (χ3v) is 1.76. The largest absolute Gasteiger partial charge is 0.230 e. The highest BCUT2D eigenvalue weighted by atomic mass is 79.9. The molecular weight excluding hydrogens is 222 g/mol. The van der Waals surface area contributed by atoms with Gasteiger partial charge in [-0.1, -0.05) is 12.0 Å². The standard InChI is InChI=1S/C6H6BrN5/c1-4(11-12-8)5-2-9-6(7)10-3-5/h2-4H,1H3. The fourth-order valence-corrected chi connectivity index (χ4v) is 0.887. The first-order valence-corrected chi connectivity index (χ1v) is 4.05. The quantitative estimate of drug-likeness (QED) is 0.337. The Balaban J connectivity index is 2.89. The summed E-state index contributed by atoms with van der Waals surface area (Å²) in [5.41, 5.74) is 8.96. The summed E-state index contributed by atoms with van der Waals surface area (Å²) in [6, 6.07) is -0.219. The molecule has 1 aromatic rings. The van der Waals surface area contributed by atoms with E-state index in [4.69, 9.17) is 5.53 Å². The van der Waals surface area contributed by atoms with Crippen molar-refractivity contribution in [2.75, 3.05) is 0 Å². The van der Waals surface area contributed by atoms with Crippen molar-refractivity contribution in [3.63, 3.8) is 0 Å². The molecule has 0 aliphatic heterocycles. The number of azide groups is 1. The van der Waals surface area contributed by atoms with Gasteiger partial charge in [0.25, 0.3) is 0 Å². The summed E-state index contributed by atoms with van der Waals surface area (Å²) in [4.78, 5) is 10.5. The van der Waals surface area contributed by atoms with Crippen LogP contribution in [0.2, 0.25) is 0 Å². The van der Waals surface area contributed by atoms with Gasteiger partial charge < -0.3 is 0 Å². The fourth-order valence-electron chi connectivity index (χ4n) is 0.682. The topological polar surface area (TPSA) is 74.5 Å². The van der Waals surface area contributed by atoms with Crippen molar-refractivity contribution in [2.45, 2.75) is 13.0 Å². The first-order valence-electron chi connectivity index (χ1n) is 3.25. The molecule has 1 unspecified atom stereocenters. The van der Waals surface area contributed by atoms with Crippen LogP contribution in [-0.2, 0) is 0 Å². The second-order valence-electron chi connectivity index (χ2n) is 2.17. The first kappa shape index (κ1) is 8.96. The molecule has 0 spiro atoms. The molecular formula is C6H6BrN5. The lowest BCUT2D eigenvalue weighted by molar-refractivity contribution is 0.790. The SMILES string of the molecule is CC(N=[N+]=[N-])c1cnc(Br)nc1. The van der Waals surface area contributed by atoms with Gasteiger partial charge in [-0.05, 0) is 27.0 Å². The van der Waals surface area contributed by atoms with Gasteiger partial charge in [-0.3, -0.25) is 0 Å². The van der Waals surface area contributed by atoms with E-state index >= 15 is 0 Å². The smallest absolute Gasteiger partial charge is 0.196 e. The molecule has 12 heavy (non-hydrogen) atoms. The van der Waals surface area contributed by atoms with Gasteiger partial charge in [-0.15, -0.1) is 0 Å². The molecule has 1 rings (SSSR count). The Labute approximate surface area is 77.6 Å². The Morgan fingerprint density at radius 2 is 2.17 bits per heavy atom. The van der Waals surface area contributed by atoms with Crippen molar-refractivity contribution >= 4 is 15.9 Å². The predicted octanol–water partition coefficient (Wildman–Crippen LogP) is 2.61. The van der Waals surface area contributed by atoms with Crippen LogP contribution in [0.1, 0.15) is 18.5 Å². The molecule has 5 nitrogen and oxygen atoms in total. The van der Waals surface area contributed by atoms with E-state index in [1.165, 1.54) is 0 Å². The van der Waals surface area contributed by atoms with Crippen LogP contribution in [0.4, 0.5) is 0 Å². The third-order valence-electron chi connectivity index (χ3n) is 1.35. The van der Waals surface area contributed by atoms with E-state index in [0.29, 0.717) is 4.73 Å². The highest BCUT2D eigenvalue weighted by Gasteiger charge is 2.02. The van der Waals surface area contributed by atoms with Crippen molar-refractivity contribution in [3.8, 4) is 0 Å². The molecule has 0 aromatic carbocycles. The summed E-state index contributed by atoms with van der Waals surface area (Å²) in [5, 5.41) is 3.51. The normalized spacial score (nSPS) is 11.8. The van der Waals surface area contributed by atoms with Gasteiger partial charge in [0.05, 0.1) is 6.04 Å². The van der Waals surface area contributed by atoms with Gasteiger partial charge >= 0.3 is 0 Å². The third kappa shape index (κ3) is 2.18. The van der Waals surface area contributed by atoms with Crippen LogP contribution in [0.3, 0.4) is 0 Å². The van der Waals surface area contributed by atoms with E-state index in [1.807, 2.05) is 0 Å². The molecule has 6 heteroatoms. The Kier molecular flexibility index (Phi) is 3.01. The average molecular weight is 228 g/mol. The lowest BCUT2D eigenvalue weighted by atomic mass is 10.2. The molecule has 0 amide bonds. The Morgan fingerprint density at radius 3 is 2.67 bits per heavy atom. The maximum absolute atomic E-state index is 8.16. The van der Waals surface area contributed by atoms with Crippen molar-refractivity contribution in [2.24, 2.45) is 5.11 Å². The minimum atomic E-state index is -0.219. The maximum atomic E-state index is 8.16. The molecule has 0 fully saturated rings. The van der Waals surface area contributed by atoms with Crippen molar-refractivity contribution < 1.29 is 0 Å². The molecule has 1 aromatic heterocycles. The molecule has 0 radical (unpaired) electrons. The number of halogens is 1. The number of hydrogen-bond donors (Lipinski definition) is 0. The minimum Gasteiger partial charge on any atom is -0.230 e. The van der Waals surface area contributed by atoms with E-state index in [0.717, 1.165) is 5.56 Å². The lowest BCUT2D eigenvalue weighted by Gasteiger charge is -2.01. The Hall–Kier alpha value is -1.13. The summed E-state index contributed by atoms with van der Waals surface area (Å²) in [5.74, 6) is 0. The van der Waals surface area contributed by atoms with Gasteiger partial charge in [-0.2, -0.15) is 0 Å². The van der Waals surface area contributed by atoms with Crippen molar-refractivity contribution in [1.82, 2.24) is 9.97 Å². The van der Waals surface area contributed by atoms with E-state index < -0.39 is 0 Å².